The lowest BCUT2D eigenvalue weighted by Crippen LogP contribution is -2.34. The Labute approximate surface area is 165 Å². The lowest BCUT2D eigenvalue weighted by molar-refractivity contribution is -0.128. The molecule has 0 saturated carbocycles. The number of fused-ring (bicyclic) bond motifs is 1. The molecule has 6 nitrogen and oxygen atoms in total. The van der Waals surface area contributed by atoms with Gasteiger partial charge < -0.3 is 15.1 Å². The summed E-state index contributed by atoms with van der Waals surface area (Å²) < 4.78 is 0. The van der Waals surface area contributed by atoms with E-state index < -0.39 is 0 Å². The lowest BCUT2D eigenvalue weighted by atomic mass is 10.2. The monoisotopic (exact) mass is 375 g/mol. The number of nitrogens with zero attached hydrogens (tertiary/aromatic N) is 4. The van der Waals surface area contributed by atoms with Gasteiger partial charge in [-0.1, -0.05) is 42.5 Å². The number of rotatable bonds is 4. The number of benzene rings is 2. The highest BCUT2D eigenvalue weighted by Gasteiger charge is 2.19. The maximum atomic E-state index is 11.7. The summed E-state index contributed by atoms with van der Waals surface area (Å²) in [6.07, 6.45) is 0.919. The van der Waals surface area contributed by atoms with Gasteiger partial charge in [-0.2, -0.15) is 4.98 Å². The predicted octanol–water partition coefficient (Wildman–Crippen LogP) is 3.30. The van der Waals surface area contributed by atoms with E-state index in [-0.39, 0.29) is 5.91 Å². The van der Waals surface area contributed by atoms with E-state index in [0.29, 0.717) is 13.1 Å². The fraction of sp³-hybridized carbons (Fsp3) is 0.318. The first kappa shape index (κ1) is 18.2. The van der Waals surface area contributed by atoms with Gasteiger partial charge in [0.2, 0.25) is 11.9 Å². The van der Waals surface area contributed by atoms with Crippen molar-refractivity contribution in [1.29, 1.82) is 0 Å². The van der Waals surface area contributed by atoms with Crippen LogP contribution in [0.25, 0.3) is 10.9 Å². The minimum Gasteiger partial charge on any atom is -0.365 e. The fourth-order valence-electron chi connectivity index (χ4n) is 3.55. The number of anilines is 2. The van der Waals surface area contributed by atoms with E-state index in [4.69, 9.17) is 9.97 Å². The van der Waals surface area contributed by atoms with Gasteiger partial charge in [0.15, 0.2) is 0 Å². The van der Waals surface area contributed by atoms with Gasteiger partial charge in [0.1, 0.15) is 5.82 Å². The fourth-order valence-corrected chi connectivity index (χ4v) is 3.55. The maximum absolute atomic E-state index is 11.7. The summed E-state index contributed by atoms with van der Waals surface area (Å²) in [4.78, 5) is 25.4. The highest BCUT2D eigenvalue weighted by Crippen LogP contribution is 2.24. The van der Waals surface area contributed by atoms with Crippen molar-refractivity contribution in [2.45, 2.75) is 19.9 Å². The molecule has 6 heteroatoms. The smallest absolute Gasteiger partial charge is 0.227 e. The van der Waals surface area contributed by atoms with Crippen molar-refractivity contribution in [1.82, 2.24) is 14.9 Å². The molecular weight excluding hydrogens is 350 g/mol. The zero-order valence-corrected chi connectivity index (χ0v) is 16.1. The Kier molecular flexibility index (Phi) is 5.37. The van der Waals surface area contributed by atoms with Gasteiger partial charge >= 0.3 is 0 Å². The van der Waals surface area contributed by atoms with Crippen LogP contribution in [0.3, 0.4) is 0 Å². The molecule has 4 rings (SSSR count). The molecule has 144 valence electrons. The Morgan fingerprint density at radius 1 is 0.964 bits per heavy atom. The second-order valence-corrected chi connectivity index (χ2v) is 7.08. The van der Waals surface area contributed by atoms with Crippen LogP contribution in [0.15, 0.2) is 54.6 Å². The molecule has 2 heterocycles. The van der Waals surface area contributed by atoms with Gasteiger partial charge in [0.25, 0.3) is 0 Å². The molecule has 0 unspecified atom stereocenters. The molecular formula is C22H25N5O. The Morgan fingerprint density at radius 2 is 1.75 bits per heavy atom. The Hall–Kier alpha value is -3.15. The van der Waals surface area contributed by atoms with Crippen molar-refractivity contribution < 1.29 is 4.79 Å². The number of aromatic nitrogens is 2. The van der Waals surface area contributed by atoms with E-state index in [1.807, 2.05) is 47.4 Å². The highest BCUT2D eigenvalue weighted by molar-refractivity contribution is 5.90. The van der Waals surface area contributed by atoms with Crippen molar-refractivity contribution in [3.05, 3.63) is 60.2 Å². The number of amides is 1. The highest BCUT2D eigenvalue weighted by atomic mass is 16.2. The number of para-hydroxylation sites is 1. The third-order valence-electron chi connectivity index (χ3n) is 5.12. The SMILES string of the molecule is CC(=O)N1CCCN(c2nc(NCc3ccccc3)c3ccccc3n2)CC1. The molecule has 1 saturated heterocycles. The lowest BCUT2D eigenvalue weighted by Gasteiger charge is -2.22. The number of hydrogen-bond acceptors (Lipinski definition) is 5. The molecule has 2 aromatic carbocycles. The number of nitrogens with one attached hydrogen (secondary N) is 1. The second-order valence-electron chi connectivity index (χ2n) is 7.08. The van der Waals surface area contributed by atoms with Gasteiger partial charge in [-0.05, 0) is 24.1 Å². The number of carbonyl (C=O) groups is 1. The minimum atomic E-state index is 0.131. The molecule has 1 aromatic heterocycles. The van der Waals surface area contributed by atoms with Gasteiger partial charge in [-0.15, -0.1) is 0 Å². The van der Waals surface area contributed by atoms with Crippen molar-refractivity contribution in [3.63, 3.8) is 0 Å². The van der Waals surface area contributed by atoms with Crippen LogP contribution < -0.4 is 10.2 Å². The molecule has 0 spiro atoms. The van der Waals surface area contributed by atoms with E-state index in [2.05, 4.69) is 22.3 Å². The standard InChI is InChI=1S/C22H25N5O/c1-17(28)26-12-7-13-27(15-14-26)22-24-20-11-6-5-10-19(20)21(25-22)23-16-18-8-3-2-4-9-18/h2-6,8-11H,7,12-16H2,1H3,(H,23,24,25). The Morgan fingerprint density at radius 3 is 2.57 bits per heavy atom. The molecule has 1 aliphatic rings. The first-order valence-electron chi connectivity index (χ1n) is 9.76. The van der Waals surface area contributed by atoms with Crippen LogP contribution in [0, 0.1) is 0 Å². The Balaban J connectivity index is 1.61. The summed E-state index contributed by atoms with van der Waals surface area (Å²) in [5.41, 5.74) is 2.13. The van der Waals surface area contributed by atoms with E-state index >= 15 is 0 Å². The molecule has 1 amide bonds. The normalized spacial score (nSPS) is 14.8. The van der Waals surface area contributed by atoms with Crippen molar-refractivity contribution in [3.8, 4) is 0 Å². The summed E-state index contributed by atoms with van der Waals surface area (Å²) in [5.74, 6) is 1.70. The van der Waals surface area contributed by atoms with E-state index in [9.17, 15) is 4.79 Å². The Bertz CT molecular complexity index is 960. The largest absolute Gasteiger partial charge is 0.365 e. The minimum absolute atomic E-state index is 0.131. The summed E-state index contributed by atoms with van der Waals surface area (Å²) in [7, 11) is 0. The van der Waals surface area contributed by atoms with Crippen molar-refractivity contribution >= 4 is 28.6 Å². The van der Waals surface area contributed by atoms with Gasteiger partial charge in [-0.3, -0.25) is 4.79 Å². The summed E-state index contributed by atoms with van der Waals surface area (Å²) >= 11 is 0. The van der Waals surface area contributed by atoms with Crippen LogP contribution in [0.1, 0.15) is 18.9 Å². The molecule has 0 aliphatic carbocycles. The van der Waals surface area contributed by atoms with Crippen LogP contribution in [-0.2, 0) is 11.3 Å². The third-order valence-corrected chi connectivity index (χ3v) is 5.12. The van der Waals surface area contributed by atoms with E-state index in [1.165, 1.54) is 5.56 Å². The first-order chi connectivity index (χ1) is 13.7. The molecule has 3 aromatic rings. The molecule has 1 N–H and O–H groups in total. The van der Waals surface area contributed by atoms with Gasteiger partial charge in [0.05, 0.1) is 5.52 Å². The van der Waals surface area contributed by atoms with Crippen molar-refractivity contribution in [2.24, 2.45) is 0 Å². The zero-order chi connectivity index (χ0) is 19.3. The molecule has 1 aliphatic heterocycles. The van der Waals surface area contributed by atoms with Gasteiger partial charge in [-0.25, -0.2) is 4.98 Å². The predicted molar refractivity (Wildman–Crippen MR) is 112 cm³/mol. The topological polar surface area (TPSA) is 61.4 Å². The molecule has 28 heavy (non-hydrogen) atoms. The first-order valence-corrected chi connectivity index (χ1v) is 9.76. The molecule has 0 bridgehead atoms. The molecule has 0 atom stereocenters. The van der Waals surface area contributed by atoms with Crippen LogP contribution in [-0.4, -0.2) is 47.0 Å². The quantitative estimate of drug-likeness (QED) is 0.758. The van der Waals surface area contributed by atoms with Crippen LogP contribution in [0.2, 0.25) is 0 Å². The summed E-state index contributed by atoms with van der Waals surface area (Å²) in [5, 5.41) is 4.50. The molecule has 0 radical (unpaired) electrons. The van der Waals surface area contributed by atoms with Crippen LogP contribution in [0.5, 0.6) is 0 Å². The maximum Gasteiger partial charge on any atom is 0.227 e. The van der Waals surface area contributed by atoms with E-state index in [0.717, 1.165) is 48.7 Å². The van der Waals surface area contributed by atoms with Crippen molar-refractivity contribution in [2.75, 3.05) is 36.4 Å². The second kappa shape index (κ2) is 8.25. The van der Waals surface area contributed by atoms with Crippen LogP contribution >= 0.6 is 0 Å². The average molecular weight is 375 g/mol. The van der Waals surface area contributed by atoms with Gasteiger partial charge in [0, 0.05) is 45.0 Å². The van der Waals surface area contributed by atoms with Crippen LogP contribution in [0.4, 0.5) is 11.8 Å². The van der Waals surface area contributed by atoms with E-state index in [1.54, 1.807) is 6.92 Å². The third kappa shape index (κ3) is 4.06. The number of hydrogen-bond donors (Lipinski definition) is 1. The zero-order valence-electron chi connectivity index (χ0n) is 16.1. The molecule has 1 fully saturated rings. The number of carbonyl (C=O) groups excluding carboxylic acids is 1. The average Bonchev–Trinajstić information content (AvgIpc) is 2.99. The summed E-state index contributed by atoms with van der Waals surface area (Å²) in [6, 6.07) is 18.4. The summed E-state index contributed by atoms with van der Waals surface area (Å²) in [6.45, 7) is 5.43.